The minimum Gasteiger partial charge on any atom is -0.488 e. The molecule has 2 rings (SSSR count). The highest BCUT2D eigenvalue weighted by Crippen LogP contribution is 2.22. The van der Waals surface area contributed by atoms with Crippen LogP contribution < -0.4 is 4.74 Å². The van der Waals surface area contributed by atoms with Crippen molar-refractivity contribution in [3.05, 3.63) is 65.0 Å². The summed E-state index contributed by atoms with van der Waals surface area (Å²) in [6, 6.07) is 6.56. The highest BCUT2D eigenvalue weighted by Gasteiger charge is 2.11. The Labute approximate surface area is 113 Å². The van der Waals surface area contributed by atoms with Crippen LogP contribution in [0.15, 0.2) is 36.4 Å². The molecule has 0 unspecified atom stereocenters. The maximum Gasteiger partial charge on any atom is 0.163 e. The monoisotopic (exact) mass is 280 g/mol. The van der Waals surface area contributed by atoms with E-state index in [-0.39, 0.29) is 29.3 Å². The van der Waals surface area contributed by atoms with Crippen LogP contribution in [-0.2, 0) is 6.61 Å². The number of rotatable bonds is 4. The van der Waals surface area contributed by atoms with Gasteiger partial charge in [-0.15, -0.1) is 0 Å². The third-order valence-electron chi connectivity index (χ3n) is 2.72. The lowest BCUT2D eigenvalue weighted by molar-refractivity contribution is 0.101. The largest absolute Gasteiger partial charge is 0.488 e. The highest BCUT2D eigenvalue weighted by molar-refractivity contribution is 5.96. The minimum atomic E-state index is -0.759. The van der Waals surface area contributed by atoms with Gasteiger partial charge in [0, 0.05) is 17.7 Å². The quantitative estimate of drug-likeness (QED) is 0.794. The number of carbonyl (C=O) groups is 1. The number of hydrogen-bond acceptors (Lipinski definition) is 2. The number of Topliss-reactive ketones (excluding diaryl/α,β-unsaturated/α-hetero) is 1. The Hall–Kier alpha value is -2.30. The summed E-state index contributed by atoms with van der Waals surface area (Å²) < 4.78 is 44.6. The number of ketones is 1. The van der Waals surface area contributed by atoms with Gasteiger partial charge in [0.15, 0.2) is 5.78 Å². The summed E-state index contributed by atoms with van der Waals surface area (Å²) in [4.78, 5) is 11.4. The lowest BCUT2D eigenvalue weighted by atomic mass is 10.1. The van der Waals surface area contributed by atoms with E-state index in [9.17, 15) is 18.0 Å². The summed E-state index contributed by atoms with van der Waals surface area (Å²) in [6.07, 6.45) is 0. The van der Waals surface area contributed by atoms with Crippen molar-refractivity contribution in [3.8, 4) is 5.75 Å². The van der Waals surface area contributed by atoms with Gasteiger partial charge < -0.3 is 4.74 Å². The Morgan fingerprint density at radius 2 is 1.70 bits per heavy atom. The molecule has 0 atom stereocenters. The number of halogens is 3. The molecular weight excluding hydrogens is 269 g/mol. The standard InChI is InChI=1S/C15H11F3O2/c1-9(19)13-5-4-12(17)7-15(13)20-8-10-2-3-11(16)6-14(10)18/h2-7H,8H2,1H3. The third-order valence-corrected chi connectivity index (χ3v) is 2.72. The van der Waals surface area contributed by atoms with Gasteiger partial charge in [0.1, 0.15) is 29.8 Å². The molecular formula is C15H11F3O2. The molecule has 0 bridgehead atoms. The van der Waals surface area contributed by atoms with Gasteiger partial charge >= 0.3 is 0 Å². The van der Waals surface area contributed by atoms with E-state index in [2.05, 4.69) is 0 Å². The Kier molecular flexibility index (Phi) is 4.08. The van der Waals surface area contributed by atoms with Crippen molar-refractivity contribution in [2.45, 2.75) is 13.5 Å². The topological polar surface area (TPSA) is 26.3 Å². The SMILES string of the molecule is CC(=O)c1ccc(F)cc1OCc1ccc(F)cc1F. The average molecular weight is 280 g/mol. The first-order valence-corrected chi connectivity index (χ1v) is 5.84. The van der Waals surface area contributed by atoms with Crippen LogP contribution in [0.1, 0.15) is 22.8 Å². The molecule has 2 aromatic carbocycles. The molecule has 0 aromatic heterocycles. The first-order valence-electron chi connectivity index (χ1n) is 5.84. The maximum atomic E-state index is 13.4. The minimum absolute atomic E-state index is 0.0289. The molecule has 0 aliphatic rings. The van der Waals surface area contributed by atoms with E-state index < -0.39 is 17.5 Å². The van der Waals surface area contributed by atoms with E-state index in [1.807, 2.05) is 0 Å². The van der Waals surface area contributed by atoms with Crippen molar-refractivity contribution in [1.29, 1.82) is 0 Å². The molecule has 104 valence electrons. The summed E-state index contributed by atoms with van der Waals surface area (Å²) >= 11 is 0. The lowest BCUT2D eigenvalue weighted by Crippen LogP contribution is -2.04. The van der Waals surface area contributed by atoms with E-state index in [1.165, 1.54) is 19.1 Å². The number of ether oxygens (including phenoxy) is 1. The fraction of sp³-hybridized carbons (Fsp3) is 0.133. The van der Waals surface area contributed by atoms with Crippen LogP contribution in [0.5, 0.6) is 5.75 Å². The van der Waals surface area contributed by atoms with Gasteiger partial charge in [-0.3, -0.25) is 4.79 Å². The van der Waals surface area contributed by atoms with Crippen LogP contribution in [0.3, 0.4) is 0 Å². The second-order valence-electron chi connectivity index (χ2n) is 4.22. The maximum absolute atomic E-state index is 13.4. The predicted octanol–water partition coefficient (Wildman–Crippen LogP) is 3.89. The van der Waals surface area contributed by atoms with Crippen LogP contribution in [0.4, 0.5) is 13.2 Å². The van der Waals surface area contributed by atoms with Crippen molar-refractivity contribution in [2.75, 3.05) is 0 Å². The van der Waals surface area contributed by atoms with Crippen molar-refractivity contribution in [3.63, 3.8) is 0 Å². The normalized spacial score (nSPS) is 10.4. The van der Waals surface area contributed by atoms with Crippen molar-refractivity contribution < 1.29 is 22.7 Å². The fourth-order valence-electron chi connectivity index (χ4n) is 1.70. The van der Waals surface area contributed by atoms with E-state index in [0.29, 0.717) is 0 Å². The molecule has 0 amide bonds. The van der Waals surface area contributed by atoms with Crippen molar-refractivity contribution in [1.82, 2.24) is 0 Å². The van der Waals surface area contributed by atoms with E-state index in [0.717, 1.165) is 24.3 Å². The Bertz CT molecular complexity index is 654. The predicted molar refractivity (Wildman–Crippen MR) is 67.1 cm³/mol. The molecule has 20 heavy (non-hydrogen) atoms. The summed E-state index contributed by atoms with van der Waals surface area (Å²) in [7, 11) is 0. The number of hydrogen-bond donors (Lipinski definition) is 0. The summed E-state index contributed by atoms with van der Waals surface area (Å²) in [5, 5.41) is 0. The van der Waals surface area contributed by atoms with Gasteiger partial charge in [0.2, 0.25) is 0 Å². The smallest absolute Gasteiger partial charge is 0.163 e. The molecule has 2 nitrogen and oxygen atoms in total. The first kappa shape index (κ1) is 14.1. The van der Waals surface area contributed by atoms with Gasteiger partial charge in [-0.2, -0.15) is 0 Å². The lowest BCUT2D eigenvalue weighted by Gasteiger charge is -2.10. The highest BCUT2D eigenvalue weighted by atomic mass is 19.1. The van der Waals surface area contributed by atoms with Gasteiger partial charge in [-0.1, -0.05) is 0 Å². The van der Waals surface area contributed by atoms with E-state index in [4.69, 9.17) is 4.74 Å². The van der Waals surface area contributed by atoms with Crippen LogP contribution >= 0.6 is 0 Å². The average Bonchev–Trinajstić information content (AvgIpc) is 2.37. The summed E-state index contributed by atoms with van der Waals surface area (Å²) in [5.74, 6) is -2.28. The first-order chi connectivity index (χ1) is 9.47. The zero-order valence-corrected chi connectivity index (χ0v) is 10.6. The molecule has 0 aliphatic heterocycles. The molecule has 0 aliphatic carbocycles. The Morgan fingerprint density at radius 1 is 1.05 bits per heavy atom. The van der Waals surface area contributed by atoms with Gasteiger partial charge in [-0.05, 0) is 31.2 Å². The van der Waals surface area contributed by atoms with Gasteiger partial charge in [0.05, 0.1) is 5.56 Å². The Balaban J connectivity index is 2.22. The molecule has 0 spiro atoms. The second-order valence-corrected chi connectivity index (χ2v) is 4.22. The van der Waals surface area contributed by atoms with E-state index >= 15 is 0 Å². The van der Waals surface area contributed by atoms with Gasteiger partial charge in [-0.25, -0.2) is 13.2 Å². The third kappa shape index (κ3) is 3.17. The van der Waals surface area contributed by atoms with Crippen LogP contribution in [0.25, 0.3) is 0 Å². The van der Waals surface area contributed by atoms with Crippen LogP contribution in [-0.4, -0.2) is 5.78 Å². The summed E-state index contributed by atoms with van der Waals surface area (Å²) in [5.41, 5.74) is 0.319. The van der Waals surface area contributed by atoms with Crippen LogP contribution in [0.2, 0.25) is 0 Å². The number of benzene rings is 2. The van der Waals surface area contributed by atoms with E-state index in [1.54, 1.807) is 0 Å². The molecule has 5 heteroatoms. The fourth-order valence-corrected chi connectivity index (χ4v) is 1.70. The summed E-state index contributed by atoms with van der Waals surface area (Å²) in [6.45, 7) is 1.09. The number of carbonyl (C=O) groups excluding carboxylic acids is 1. The molecule has 0 N–H and O–H groups in total. The molecule has 0 heterocycles. The molecule has 2 aromatic rings. The molecule has 0 saturated carbocycles. The Morgan fingerprint density at radius 3 is 2.35 bits per heavy atom. The zero-order chi connectivity index (χ0) is 14.7. The molecule has 0 fully saturated rings. The zero-order valence-electron chi connectivity index (χ0n) is 10.6. The van der Waals surface area contributed by atoms with Crippen molar-refractivity contribution >= 4 is 5.78 Å². The van der Waals surface area contributed by atoms with Gasteiger partial charge in [0.25, 0.3) is 0 Å². The van der Waals surface area contributed by atoms with Crippen LogP contribution in [0, 0.1) is 17.5 Å². The molecule has 0 radical (unpaired) electrons. The second kappa shape index (κ2) is 5.77. The van der Waals surface area contributed by atoms with Crippen molar-refractivity contribution in [2.24, 2.45) is 0 Å². The molecule has 0 saturated heterocycles.